The van der Waals surface area contributed by atoms with Crippen molar-refractivity contribution < 1.29 is 4.79 Å². The summed E-state index contributed by atoms with van der Waals surface area (Å²) in [6.07, 6.45) is 5.32. The van der Waals surface area contributed by atoms with Crippen LogP contribution in [-0.4, -0.2) is 20.7 Å². The summed E-state index contributed by atoms with van der Waals surface area (Å²) in [5.74, 6) is 0.457. The van der Waals surface area contributed by atoms with Crippen LogP contribution in [0, 0.1) is 5.92 Å². The number of carbonyl (C=O) groups is 1. The average molecular weight is 256 g/mol. The van der Waals surface area contributed by atoms with E-state index >= 15 is 0 Å². The molecule has 5 nitrogen and oxygen atoms in total. The molecule has 1 N–H and O–H groups in total. The van der Waals surface area contributed by atoms with Crippen LogP contribution >= 0.6 is 0 Å². The zero-order valence-corrected chi connectivity index (χ0v) is 10.6. The number of nitrogens with one attached hydrogen (secondary N) is 1. The Morgan fingerprint density at radius 3 is 2.63 bits per heavy atom. The highest BCUT2D eigenvalue weighted by Crippen LogP contribution is 2.28. The van der Waals surface area contributed by atoms with Crippen LogP contribution in [0.3, 0.4) is 0 Å². The molecule has 1 aliphatic rings. The fraction of sp³-hybridized carbons (Fsp3) is 0.357. The lowest BCUT2D eigenvalue weighted by atomic mass is 10.1. The number of aromatic nitrogens is 3. The molecule has 0 radical (unpaired) electrons. The van der Waals surface area contributed by atoms with Gasteiger partial charge in [0, 0.05) is 12.5 Å². The second-order valence-corrected chi connectivity index (χ2v) is 4.90. The van der Waals surface area contributed by atoms with E-state index in [9.17, 15) is 4.79 Å². The molecule has 0 saturated heterocycles. The van der Waals surface area contributed by atoms with Gasteiger partial charge in [-0.3, -0.25) is 4.79 Å². The first-order valence-corrected chi connectivity index (χ1v) is 6.49. The summed E-state index contributed by atoms with van der Waals surface area (Å²) in [4.78, 5) is 15.4. The van der Waals surface area contributed by atoms with Crippen LogP contribution in [0.5, 0.6) is 0 Å². The van der Waals surface area contributed by atoms with E-state index in [1.807, 2.05) is 12.1 Å². The molecule has 1 amide bonds. The SMILES string of the molecule is O=C(NCc1ccc(Cn2cncn2)cc1)C1CC1. The molecule has 0 spiro atoms. The third-order valence-corrected chi connectivity index (χ3v) is 3.25. The molecule has 0 bridgehead atoms. The highest BCUT2D eigenvalue weighted by atomic mass is 16.2. The van der Waals surface area contributed by atoms with Crippen molar-refractivity contribution in [3.05, 3.63) is 48.0 Å². The Morgan fingerprint density at radius 2 is 2.00 bits per heavy atom. The van der Waals surface area contributed by atoms with Gasteiger partial charge in [0.25, 0.3) is 0 Å². The van der Waals surface area contributed by atoms with E-state index in [2.05, 4.69) is 27.5 Å². The molecule has 5 heteroatoms. The molecule has 0 atom stereocenters. The predicted molar refractivity (Wildman–Crippen MR) is 70.1 cm³/mol. The van der Waals surface area contributed by atoms with Crippen molar-refractivity contribution >= 4 is 5.91 Å². The molecule has 1 aromatic carbocycles. The van der Waals surface area contributed by atoms with E-state index in [-0.39, 0.29) is 11.8 Å². The molecule has 19 heavy (non-hydrogen) atoms. The molecule has 1 saturated carbocycles. The van der Waals surface area contributed by atoms with Gasteiger partial charge >= 0.3 is 0 Å². The number of hydrogen-bond donors (Lipinski definition) is 1. The Labute approximate surface area is 111 Å². The van der Waals surface area contributed by atoms with Crippen molar-refractivity contribution in [2.75, 3.05) is 0 Å². The number of benzene rings is 1. The number of nitrogens with zero attached hydrogens (tertiary/aromatic N) is 3. The van der Waals surface area contributed by atoms with E-state index in [4.69, 9.17) is 0 Å². The van der Waals surface area contributed by atoms with E-state index in [1.165, 1.54) is 11.9 Å². The zero-order chi connectivity index (χ0) is 13.1. The topological polar surface area (TPSA) is 59.8 Å². The van der Waals surface area contributed by atoms with Crippen LogP contribution in [0.1, 0.15) is 24.0 Å². The zero-order valence-electron chi connectivity index (χ0n) is 10.6. The first kappa shape index (κ1) is 11.9. The van der Waals surface area contributed by atoms with Gasteiger partial charge in [-0.15, -0.1) is 0 Å². The molecule has 3 rings (SSSR count). The van der Waals surface area contributed by atoms with Gasteiger partial charge in [-0.2, -0.15) is 5.10 Å². The maximum atomic E-state index is 11.5. The van der Waals surface area contributed by atoms with Crippen LogP contribution < -0.4 is 5.32 Å². The molecule has 0 unspecified atom stereocenters. The van der Waals surface area contributed by atoms with E-state index < -0.39 is 0 Å². The largest absolute Gasteiger partial charge is 0.352 e. The fourth-order valence-electron chi connectivity index (χ4n) is 1.94. The summed E-state index contributed by atoms with van der Waals surface area (Å²) in [5.41, 5.74) is 2.29. The second-order valence-electron chi connectivity index (χ2n) is 4.90. The lowest BCUT2D eigenvalue weighted by molar-refractivity contribution is -0.122. The lowest BCUT2D eigenvalue weighted by Gasteiger charge is -2.06. The van der Waals surface area contributed by atoms with Crippen LogP contribution in [0.4, 0.5) is 0 Å². The highest BCUT2D eigenvalue weighted by Gasteiger charge is 2.29. The Bertz CT molecular complexity index is 543. The minimum atomic E-state index is 0.187. The van der Waals surface area contributed by atoms with E-state index in [0.717, 1.165) is 18.4 Å². The molecule has 1 heterocycles. The maximum absolute atomic E-state index is 11.5. The van der Waals surface area contributed by atoms with Gasteiger partial charge in [-0.1, -0.05) is 24.3 Å². The van der Waals surface area contributed by atoms with E-state index in [0.29, 0.717) is 13.1 Å². The number of rotatable bonds is 5. The Kier molecular flexibility index (Phi) is 3.27. The standard InChI is InChI=1S/C14H16N4O/c19-14(13-5-6-13)16-7-11-1-3-12(4-2-11)8-18-10-15-9-17-18/h1-4,9-10,13H,5-8H2,(H,16,19). The van der Waals surface area contributed by atoms with Gasteiger partial charge in [-0.25, -0.2) is 9.67 Å². The third kappa shape index (κ3) is 3.19. The van der Waals surface area contributed by atoms with Crippen molar-refractivity contribution in [3.8, 4) is 0 Å². The van der Waals surface area contributed by atoms with Gasteiger partial charge in [0.05, 0.1) is 6.54 Å². The molecule has 1 aliphatic carbocycles. The summed E-state index contributed by atoms with van der Waals surface area (Å²) < 4.78 is 1.78. The molecule has 1 fully saturated rings. The van der Waals surface area contributed by atoms with Gasteiger partial charge in [-0.05, 0) is 24.0 Å². The first-order valence-electron chi connectivity index (χ1n) is 6.49. The van der Waals surface area contributed by atoms with Crippen molar-refractivity contribution in [3.63, 3.8) is 0 Å². The highest BCUT2D eigenvalue weighted by molar-refractivity contribution is 5.80. The second kappa shape index (κ2) is 5.22. The molecule has 2 aromatic rings. The summed E-state index contributed by atoms with van der Waals surface area (Å²) in [5, 5.41) is 7.03. The molecular formula is C14H16N4O. The van der Waals surface area contributed by atoms with Gasteiger partial charge < -0.3 is 5.32 Å². The Balaban J connectivity index is 1.54. The van der Waals surface area contributed by atoms with E-state index in [1.54, 1.807) is 11.0 Å². The third-order valence-electron chi connectivity index (χ3n) is 3.25. The molecule has 1 aromatic heterocycles. The van der Waals surface area contributed by atoms with Gasteiger partial charge in [0.1, 0.15) is 12.7 Å². The van der Waals surface area contributed by atoms with Crippen LogP contribution in [0.15, 0.2) is 36.9 Å². The van der Waals surface area contributed by atoms with Crippen molar-refractivity contribution in [1.29, 1.82) is 0 Å². The summed E-state index contributed by atoms with van der Waals surface area (Å²) >= 11 is 0. The van der Waals surface area contributed by atoms with Crippen molar-refractivity contribution in [2.45, 2.75) is 25.9 Å². The normalized spacial score (nSPS) is 14.3. The van der Waals surface area contributed by atoms with Crippen LogP contribution in [-0.2, 0) is 17.9 Å². The predicted octanol–water partition coefficient (Wildman–Crippen LogP) is 1.35. The van der Waals surface area contributed by atoms with Crippen molar-refractivity contribution in [1.82, 2.24) is 20.1 Å². The van der Waals surface area contributed by atoms with Crippen LogP contribution in [0.25, 0.3) is 0 Å². The Morgan fingerprint density at radius 1 is 1.26 bits per heavy atom. The number of carbonyl (C=O) groups excluding carboxylic acids is 1. The molecular weight excluding hydrogens is 240 g/mol. The minimum absolute atomic E-state index is 0.187. The minimum Gasteiger partial charge on any atom is -0.352 e. The summed E-state index contributed by atoms with van der Waals surface area (Å²) in [7, 11) is 0. The molecule has 0 aliphatic heterocycles. The summed E-state index contributed by atoms with van der Waals surface area (Å²) in [6, 6.07) is 8.19. The first-order chi connectivity index (χ1) is 9.31. The fourth-order valence-corrected chi connectivity index (χ4v) is 1.94. The van der Waals surface area contributed by atoms with Crippen molar-refractivity contribution in [2.24, 2.45) is 5.92 Å². The quantitative estimate of drug-likeness (QED) is 0.878. The lowest BCUT2D eigenvalue weighted by Crippen LogP contribution is -2.24. The maximum Gasteiger partial charge on any atom is 0.223 e. The summed E-state index contributed by atoms with van der Waals surface area (Å²) in [6.45, 7) is 1.33. The Hall–Kier alpha value is -2.17. The smallest absolute Gasteiger partial charge is 0.223 e. The molecule has 98 valence electrons. The van der Waals surface area contributed by atoms with Gasteiger partial charge in [0.2, 0.25) is 5.91 Å². The van der Waals surface area contributed by atoms with Gasteiger partial charge in [0.15, 0.2) is 0 Å². The monoisotopic (exact) mass is 256 g/mol. The van der Waals surface area contributed by atoms with Crippen LogP contribution in [0.2, 0.25) is 0 Å². The average Bonchev–Trinajstić information content (AvgIpc) is 3.17. The number of hydrogen-bond acceptors (Lipinski definition) is 3. The number of amides is 1.